The van der Waals surface area contributed by atoms with Crippen molar-refractivity contribution in [2.24, 2.45) is 0 Å². The van der Waals surface area contributed by atoms with Crippen molar-refractivity contribution in [3.63, 3.8) is 0 Å². The Morgan fingerprint density at radius 1 is 0.662 bits per heavy atom. The molecule has 10 heterocycles. The molecular weight excluding hydrogens is 908 g/mol. The predicted octanol–water partition coefficient (Wildman–Crippen LogP) is 8.09. The Morgan fingerprint density at radius 3 is 1.74 bits per heavy atom. The van der Waals surface area contributed by atoms with Gasteiger partial charge in [0.25, 0.3) is 11.8 Å². The maximum Gasteiger partial charge on any atom is 0.263 e. The fourth-order valence-corrected chi connectivity index (χ4v) is 11.2. The second kappa shape index (κ2) is 16.8. The molecule has 0 saturated heterocycles. The minimum Gasteiger partial charge on any atom is -0.420 e. The normalized spacial score (nSPS) is 18.2. The molecule has 0 aliphatic carbocycles. The summed E-state index contributed by atoms with van der Waals surface area (Å²) in [6.07, 6.45) is 1.58. The van der Waals surface area contributed by atoms with Crippen LogP contribution in [0.2, 0.25) is 10.6 Å². The van der Waals surface area contributed by atoms with Gasteiger partial charge in [-0.15, -0.1) is 22.7 Å². The van der Waals surface area contributed by atoms with Crippen LogP contribution >= 0.6 is 45.9 Å². The van der Waals surface area contributed by atoms with Gasteiger partial charge in [0.1, 0.15) is 9.75 Å². The number of halogens is 2. The van der Waals surface area contributed by atoms with E-state index in [1.165, 1.54) is 22.7 Å². The van der Waals surface area contributed by atoms with Gasteiger partial charge < -0.3 is 41.0 Å². The number of carbonyl (C=O) groups is 2. The van der Waals surface area contributed by atoms with Crippen LogP contribution in [0.4, 0.5) is 11.4 Å². The molecule has 0 spiro atoms. The lowest BCUT2D eigenvalue weighted by atomic mass is 10.1. The number of amides is 2. The van der Waals surface area contributed by atoms with Crippen LogP contribution in [0.3, 0.4) is 0 Å². The molecule has 5 N–H and O–H groups in total. The van der Waals surface area contributed by atoms with Crippen LogP contribution in [-0.2, 0) is 25.9 Å². The van der Waals surface area contributed by atoms with Crippen molar-refractivity contribution < 1.29 is 19.1 Å². The molecule has 2 atom stereocenters. The van der Waals surface area contributed by atoms with Crippen LogP contribution in [0.15, 0.2) is 48.5 Å². The fraction of sp³-hybridized carbons (Fsp3) is 0.289. The molecule has 0 fully saturated rings. The number of pyridine rings is 2. The molecule has 330 valence electrons. The number of thiophene rings is 2. The van der Waals surface area contributed by atoms with Gasteiger partial charge in [0, 0.05) is 107 Å². The van der Waals surface area contributed by atoms with Crippen molar-refractivity contribution in [3.8, 4) is 23.5 Å². The zero-order valence-electron chi connectivity index (χ0n) is 35.3. The number of aromatic nitrogens is 6. The Kier molecular flexibility index (Phi) is 10.7. The molecule has 6 aromatic heterocycles. The molecule has 8 aromatic rings. The minimum absolute atomic E-state index is 0.0415. The van der Waals surface area contributed by atoms with Crippen molar-refractivity contribution in [3.05, 3.63) is 91.4 Å². The Balaban J connectivity index is 0.000000144. The molecule has 0 saturated carbocycles. The van der Waals surface area contributed by atoms with E-state index in [-0.39, 0.29) is 34.5 Å². The van der Waals surface area contributed by atoms with Gasteiger partial charge in [0.15, 0.2) is 0 Å². The van der Waals surface area contributed by atoms with Gasteiger partial charge in [-0.2, -0.15) is 9.97 Å². The highest BCUT2D eigenvalue weighted by molar-refractivity contribution is 7.22. The van der Waals surface area contributed by atoms with Crippen LogP contribution in [0.25, 0.3) is 42.0 Å². The number of ether oxygens (including phenoxy) is 2. The number of fused-ring (bicyclic) bond motifs is 12. The third-order valence-corrected chi connectivity index (χ3v) is 14.4. The zero-order valence-corrected chi connectivity index (χ0v) is 38.4. The highest BCUT2D eigenvalue weighted by atomic mass is 35.5. The van der Waals surface area contributed by atoms with Gasteiger partial charge in [-0.05, 0) is 80.5 Å². The summed E-state index contributed by atoms with van der Waals surface area (Å²) in [6, 6.07) is 15.7. The smallest absolute Gasteiger partial charge is 0.263 e. The minimum atomic E-state index is -0.0428. The van der Waals surface area contributed by atoms with E-state index in [0.29, 0.717) is 59.5 Å². The highest BCUT2D eigenvalue weighted by Gasteiger charge is 2.28. The third kappa shape index (κ3) is 7.87. The number of hydrogen-bond donors (Lipinski definition) is 5. The van der Waals surface area contributed by atoms with E-state index in [0.717, 1.165) is 102 Å². The van der Waals surface area contributed by atoms with Gasteiger partial charge in [-0.1, -0.05) is 0 Å². The zero-order chi connectivity index (χ0) is 44.5. The summed E-state index contributed by atoms with van der Waals surface area (Å²) in [5.41, 5.74) is 6.98. The second-order valence-electron chi connectivity index (χ2n) is 16.5. The van der Waals surface area contributed by atoms with E-state index >= 15 is 0 Å². The summed E-state index contributed by atoms with van der Waals surface area (Å²) in [7, 11) is 2.06. The molecule has 12 rings (SSSR count). The van der Waals surface area contributed by atoms with Gasteiger partial charge in [0.2, 0.25) is 34.1 Å². The SMILES string of the molecule is C[C@@H]1CNc2c(sc3ccc4nc(Oc5nc(Cl)nc6c5CN(C)CC6)ccc4c23)C(=O)N1.C[C@@H]1CNc2c(sc3ccc4nc(Oc5nc(Cl)nc6c5CNCC6)ccc4c23)C(=O)N1. The number of rotatable bonds is 4. The number of nitrogens with one attached hydrogen (secondary N) is 5. The molecule has 2 amide bonds. The van der Waals surface area contributed by atoms with Crippen LogP contribution < -0.4 is 36.1 Å². The van der Waals surface area contributed by atoms with Gasteiger partial charge in [-0.25, -0.2) is 19.9 Å². The number of benzene rings is 2. The van der Waals surface area contributed by atoms with Crippen molar-refractivity contribution in [2.75, 3.05) is 43.9 Å². The van der Waals surface area contributed by atoms with Crippen molar-refractivity contribution >= 4 is 111 Å². The topological polar surface area (TPSA) is 193 Å². The third-order valence-electron chi connectivity index (χ3n) is 11.8. The van der Waals surface area contributed by atoms with E-state index in [4.69, 9.17) is 42.6 Å². The lowest BCUT2D eigenvalue weighted by Crippen LogP contribution is -2.34. The van der Waals surface area contributed by atoms with Gasteiger partial charge in [-0.3, -0.25) is 9.59 Å². The van der Waals surface area contributed by atoms with Crippen LogP contribution in [-0.4, -0.2) is 91.9 Å². The van der Waals surface area contributed by atoms with Crippen molar-refractivity contribution in [1.29, 1.82) is 0 Å². The Bertz CT molecular complexity index is 3270. The van der Waals surface area contributed by atoms with Crippen molar-refractivity contribution in [2.45, 2.75) is 51.9 Å². The first-order chi connectivity index (χ1) is 31.5. The average Bonchev–Trinajstić information content (AvgIpc) is 3.78. The molecule has 0 unspecified atom stereocenters. The molecule has 20 heteroatoms. The molecule has 2 aromatic carbocycles. The lowest BCUT2D eigenvalue weighted by molar-refractivity contribution is 0.0940. The van der Waals surface area contributed by atoms with E-state index in [1.807, 2.05) is 62.4 Å². The number of likely N-dealkylation sites (N-methyl/N-ethyl adjacent to an activating group) is 1. The summed E-state index contributed by atoms with van der Waals surface area (Å²) in [4.78, 5) is 55.6. The van der Waals surface area contributed by atoms with E-state index in [9.17, 15) is 9.59 Å². The van der Waals surface area contributed by atoms with Gasteiger partial charge >= 0.3 is 0 Å². The van der Waals surface area contributed by atoms with Gasteiger partial charge in [0.05, 0.1) is 44.9 Å². The first-order valence-corrected chi connectivity index (χ1v) is 23.6. The fourth-order valence-electron chi connectivity index (χ4n) is 8.67. The van der Waals surface area contributed by atoms with E-state index < -0.39 is 0 Å². The summed E-state index contributed by atoms with van der Waals surface area (Å²) in [5, 5.41) is 20.6. The van der Waals surface area contributed by atoms with E-state index in [2.05, 4.69) is 58.5 Å². The molecule has 4 aliphatic rings. The van der Waals surface area contributed by atoms with Crippen LogP contribution in [0.5, 0.6) is 23.5 Å². The Morgan fingerprint density at radius 2 is 1.18 bits per heavy atom. The first-order valence-electron chi connectivity index (χ1n) is 21.2. The van der Waals surface area contributed by atoms with E-state index in [1.54, 1.807) is 0 Å². The number of hydrogen-bond acceptors (Lipinski definition) is 16. The monoisotopic (exact) mass is 946 g/mol. The molecule has 16 nitrogen and oxygen atoms in total. The number of carbonyl (C=O) groups excluding carboxylic acids is 2. The standard InChI is InChI=1S/C23H21ClN6O2S.C22H19ClN6O2S/c1-11-9-25-19-18-12-3-6-17(27-14(12)4-5-16(18)33-20(19)21(31)26-11)32-22-13-10-30(2)8-7-15(13)28-23(24)29-22;1-10-8-25-18-17-11-2-5-16(27-13(11)3-4-15(17)32-19(18)20(30)26-10)31-21-12-9-24-7-6-14(12)28-22(23)29-21/h3-6,11,25H,7-10H2,1-2H3,(H,26,31);2-5,10,24-25H,6-9H2,1H3,(H,26,30)/t11-;10-/m11/s1. The quantitative estimate of drug-likeness (QED) is 0.106. The maximum absolute atomic E-state index is 12.6. The maximum atomic E-state index is 12.6. The largest absolute Gasteiger partial charge is 0.420 e. The summed E-state index contributed by atoms with van der Waals surface area (Å²) in [6.45, 7) is 8.40. The molecular formula is C45H40Cl2N12O4S2. The van der Waals surface area contributed by atoms with Crippen LogP contribution in [0.1, 0.15) is 55.7 Å². The summed E-state index contributed by atoms with van der Waals surface area (Å²) >= 11 is 15.3. The van der Waals surface area contributed by atoms with Crippen molar-refractivity contribution in [1.82, 2.24) is 50.8 Å². The number of nitrogens with zero attached hydrogens (tertiary/aromatic N) is 7. The molecule has 0 radical (unpaired) electrons. The van der Waals surface area contributed by atoms with Crippen LogP contribution in [0, 0.1) is 0 Å². The summed E-state index contributed by atoms with van der Waals surface area (Å²) < 4.78 is 14.3. The molecule has 65 heavy (non-hydrogen) atoms. The molecule has 4 aliphatic heterocycles. The number of anilines is 2. The Hall–Kier alpha value is -6.02. The Labute approximate surface area is 389 Å². The lowest BCUT2D eigenvalue weighted by Gasteiger charge is -2.25. The highest BCUT2D eigenvalue weighted by Crippen LogP contribution is 2.43. The molecule has 0 bridgehead atoms. The second-order valence-corrected chi connectivity index (χ2v) is 19.3. The summed E-state index contributed by atoms with van der Waals surface area (Å²) in [5.74, 6) is 1.66. The predicted molar refractivity (Wildman–Crippen MR) is 255 cm³/mol. The average molecular weight is 948 g/mol. The first kappa shape index (κ1) is 41.7.